The maximum atomic E-state index is 12.5. The Bertz CT molecular complexity index is 771. The largest absolute Gasteiger partial charge is 0.454 e. The van der Waals surface area contributed by atoms with Gasteiger partial charge in [0.05, 0.1) is 11.3 Å². The molecule has 0 spiro atoms. The highest BCUT2D eigenvalue weighted by molar-refractivity contribution is 6.33. The predicted octanol–water partition coefficient (Wildman–Crippen LogP) is 3.16. The zero-order valence-electron chi connectivity index (χ0n) is 13.9. The van der Waals surface area contributed by atoms with E-state index in [-0.39, 0.29) is 12.7 Å². The van der Waals surface area contributed by atoms with Crippen molar-refractivity contribution in [2.75, 3.05) is 6.79 Å². The fraction of sp³-hybridized carbons (Fsp3) is 0.412. The normalized spacial score (nSPS) is 12.7. The molecule has 6 nitrogen and oxygen atoms in total. The molecule has 0 aliphatic carbocycles. The fourth-order valence-corrected chi connectivity index (χ4v) is 2.93. The third kappa shape index (κ3) is 3.33. The van der Waals surface area contributed by atoms with Crippen molar-refractivity contribution in [1.82, 2.24) is 15.1 Å². The summed E-state index contributed by atoms with van der Waals surface area (Å²) in [5.74, 6) is 1.58. The van der Waals surface area contributed by atoms with Crippen molar-refractivity contribution in [1.29, 1.82) is 0 Å². The number of aryl methyl sites for hydroxylation is 1. The van der Waals surface area contributed by atoms with Gasteiger partial charge in [-0.3, -0.25) is 9.48 Å². The van der Waals surface area contributed by atoms with Crippen LogP contribution in [0.4, 0.5) is 0 Å². The third-order valence-corrected chi connectivity index (χ3v) is 4.10. The molecule has 3 rings (SSSR count). The molecule has 0 atom stereocenters. The summed E-state index contributed by atoms with van der Waals surface area (Å²) in [6, 6.07) is 5.59. The number of nitrogens with one attached hydrogen (secondary N) is 1. The van der Waals surface area contributed by atoms with Crippen molar-refractivity contribution in [3.05, 3.63) is 40.2 Å². The smallest absolute Gasteiger partial charge is 0.256 e. The van der Waals surface area contributed by atoms with Gasteiger partial charge in [-0.1, -0.05) is 31.5 Å². The highest BCUT2D eigenvalue weighted by atomic mass is 35.5. The highest BCUT2D eigenvalue weighted by Crippen LogP contribution is 2.32. The van der Waals surface area contributed by atoms with Crippen molar-refractivity contribution in [2.45, 2.75) is 33.9 Å². The average Bonchev–Trinajstić information content (AvgIpc) is 3.09. The Kier molecular flexibility index (Phi) is 4.66. The lowest BCUT2D eigenvalue weighted by Gasteiger charge is -2.07. The zero-order valence-corrected chi connectivity index (χ0v) is 14.7. The number of benzene rings is 1. The van der Waals surface area contributed by atoms with E-state index >= 15 is 0 Å². The number of carbonyl (C=O) groups is 1. The summed E-state index contributed by atoms with van der Waals surface area (Å²) in [4.78, 5) is 12.5. The van der Waals surface area contributed by atoms with Gasteiger partial charge in [0, 0.05) is 13.1 Å². The van der Waals surface area contributed by atoms with Crippen molar-refractivity contribution in [3.8, 4) is 11.5 Å². The number of nitrogens with zero attached hydrogens (tertiary/aromatic N) is 2. The van der Waals surface area contributed by atoms with Gasteiger partial charge in [-0.15, -0.1) is 0 Å². The van der Waals surface area contributed by atoms with Gasteiger partial charge >= 0.3 is 0 Å². The lowest BCUT2D eigenvalue weighted by molar-refractivity contribution is 0.0950. The number of aromatic nitrogens is 2. The van der Waals surface area contributed by atoms with Gasteiger partial charge in [0.1, 0.15) is 5.15 Å². The molecular formula is C17H20ClN3O3. The summed E-state index contributed by atoms with van der Waals surface area (Å²) in [6.45, 7) is 7.22. The molecule has 24 heavy (non-hydrogen) atoms. The monoisotopic (exact) mass is 349 g/mol. The molecule has 128 valence electrons. The van der Waals surface area contributed by atoms with E-state index in [9.17, 15) is 4.79 Å². The molecule has 2 aromatic rings. The number of carbonyl (C=O) groups excluding carboxylic acids is 1. The molecular weight excluding hydrogens is 330 g/mol. The second kappa shape index (κ2) is 6.73. The van der Waals surface area contributed by atoms with Crippen LogP contribution in [0.3, 0.4) is 0 Å². The van der Waals surface area contributed by atoms with Crippen LogP contribution in [-0.4, -0.2) is 22.5 Å². The van der Waals surface area contributed by atoms with Gasteiger partial charge in [-0.2, -0.15) is 5.10 Å². The molecule has 0 bridgehead atoms. The van der Waals surface area contributed by atoms with E-state index in [0.717, 1.165) is 11.3 Å². The Hall–Kier alpha value is -2.21. The van der Waals surface area contributed by atoms with Crippen molar-refractivity contribution >= 4 is 17.5 Å². The van der Waals surface area contributed by atoms with E-state index in [1.165, 1.54) is 0 Å². The van der Waals surface area contributed by atoms with Gasteiger partial charge in [-0.05, 0) is 30.5 Å². The predicted molar refractivity (Wildman–Crippen MR) is 90.5 cm³/mol. The molecule has 0 fully saturated rings. The van der Waals surface area contributed by atoms with Crippen molar-refractivity contribution in [2.24, 2.45) is 5.92 Å². The number of hydrogen-bond acceptors (Lipinski definition) is 4. The molecule has 1 N–H and O–H groups in total. The van der Waals surface area contributed by atoms with E-state index < -0.39 is 0 Å². The molecule has 7 heteroatoms. The van der Waals surface area contributed by atoms with Crippen LogP contribution in [0.25, 0.3) is 0 Å². The first-order chi connectivity index (χ1) is 11.5. The second-order valence-electron chi connectivity index (χ2n) is 6.20. The molecule has 1 aromatic heterocycles. The summed E-state index contributed by atoms with van der Waals surface area (Å²) in [7, 11) is 0. The van der Waals surface area contributed by atoms with Crippen LogP contribution in [0, 0.1) is 12.8 Å². The molecule has 0 unspecified atom stereocenters. The molecule has 1 aromatic carbocycles. The first-order valence-corrected chi connectivity index (χ1v) is 8.23. The first kappa shape index (κ1) is 16.6. The fourth-order valence-electron chi connectivity index (χ4n) is 2.60. The molecule has 0 radical (unpaired) electrons. The lowest BCUT2D eigenvalue weighted by atomic mass is 10.2. The van der Waals surface area contributed by atoms with Crippen LogP contribution in [0.15, 0.2) is 18.2 Å². The Balaban J connectivity index is 1.70. The minimum absolute atomic E-state index is 0.231. The van der Waals surface area contributed by atoms with Gasteiger partial charge in [0.25, 0.3) is 5.91 Å². The SMILES string of the molecule is Cc1nn(CC(C)C)c(Cl)c1C(=O)NCc1ccc2c(c1)OCO2. The maximum absolute atomic E-state index is 12.5. The van der Waals surface area contributed by atoms with E-state index in [1.807, 2.05) is 18.2 Å². The van der Waals surface area contributed by atoms with Crippen LogP contribution in [0.2, 0.25) is 5.15 Å². The minimum atomic E-state index is -0.231. The second-order valence-corrected chi connectivity index (χ2v) is 6.56. The zero-order chi connectivity index (χ0) is 17.3. The van der Waals surface area contributed by atoms with Gasteiger partial charge in [0.2, 0.25) is 6.79 Å². The molecule has 2 heterocycles. The van der Waals surface area contributed by atoms with E-state index in [2.05, 4.69) is 24.3 Å². The topological polar surface area (TPSA) is 65.4 Å². The number of rotatable bonds is 5. The number of ether oxygens (including phenoxy) is 2. The summed E-state index contributed by atoms with van der Waals surface area (Å²) >= 11 is 6.33. The Morgan fingerprint density at radius 1 is 1.38 bits per heavy atom. The van der Waals surface area contributed by atoms with E-state index in [0.29, 0.717) is 41.2 Å². The minimum Gasteiger partial charge on any atom is -0.454 e. The molecule has 0 saturated carbocycles. The van der Waals surface area contributed by atoms with Gasteiger partial charge in [-0.25, -0.2) is 0 Å². The standard InChI is InChI=1S/C17H20ClN3O3/c1-10(2)8-21-16(18)15(11(3)20-21)17(22)19-7-12-4-5-13-14(6-12)24-9-23-13/h4-6,10H,7-9H2,1-3H3,(H,19,22). The molecule has 1 aliphatic heterocycles. The van der Waals surface area contributed by atoms with Crippen LogP contribution in [0.5, 0.6) is 11.5 Å². The number of fused-ring (bicyclic) bond motifs is 1. The van der Waals surface area contributed by atoms with Gasteiger partial charge < -0.3 is 14.8 Å². The summed E-state index contributed by atoms with van der Waals surface area (Å²) in [5.41, 5.74) is 1.98. The first-order valence-electron chi connectivity index (χ1n) is 7.85. The quantitative estimate of drug-likeness (QED) is 0.900. The highest BCUT2D eigenvalue weighted by Gasteiger charge is 2.21. The number of hydrogen-bond donors (Lipinski definition) is 1. The molecule has 1 amide bonds. The average molecular weight is 350 g/mol. The number of halogens is 1. The lowest BCUT2D eigenvalue weighted by Crippen LogP contribution is -2.23. The summed E-state index contributed by atoms with van der Waals surface area (Å²) in [6.07, 6.45) is 0. The van der Waals surface area contributed by atoms with Gasteiger partial charge in [0.15, 0.2) is 11.5 Å². The van der Waals surface area contributed by atoms with Crippen LogP contribution in [-0.2, 0) is 13.1 Å². The Morgan fingerprint density at radius 3 is 2.88 bits per heavy atom. The molecule has 0 saturated heterocycles. The number of amides is 1. The summed E-state index contributed by atoms with van der Waals surface area (Å²) < 4.78 is 12.3. The Labute approximate surface area is 145 Å². The third-order valence-electron chi connectivity index (χ3n) is 3.72. The van der Waals surface area contributed by atoms with E-state index in [4.69, 9.17) is 21.1 Å². The maximum Gasteiger partial charge on any atom is 0.256 e. The van der Waals surface area contributed by atoms with Crippen LogP contribution >= 0.6 is 11.6 Å². The Morgan fingerprint density at radius 2 is 2.12 bits per heavy atom. The van der Waals surface area contributed by atoms with E-state index in [1.54, 1.807) is 11.6 Å². The van der Waals surface area contributed by atoms with Crippen LogP contribution < -0.4 is 14.8 Å². The molecule has 1 aliphatic rings. The van der Waals surface area contributed by atoms with Crippen molar-refractivity contribution in [3.63, 3.8) is 0 Å². The van der Waals surface area contributed by atoms with Crippen LogP contribution in [0.1, 0.15) is 35.5 Å². The summed E-state index contributed by atoms with van der Waals surface area (Å²) in [5, 5.41) is 7.62. The van der Waals surface area contributed by atoms with Crippen molar-refractivity contribution < 1.29 is 14.3 Å².